The van der Waals surface area contributed by atoms with Crippen molar-refractivity contribution in [1.29, 1.82) is 0 Å². The first kappa shape index (κ1) is 13.7. The minimum atomic E-state index is 0.769. The van der Waals surface area contributed by atoms with Crippen LogP contribution in [0.3, 0.4) is 0 Å². The molecule has 0 saturated carbocycles. The Bertz CT molecular complexity index is 449. The van der Waals surface area contributed by atoms with E-state index in [1.807, 2.05) is 18.2 Å². The van der Waals surface area contributed by atoms with Crippen LogP contribution in [0.4, 0.5) is 0 Å². The molecule has 1 heterocycles. The predicted octanol–water partition coefficient (Wildman–Crippen LogP) is 0.960. The van der Waals surface area contributed by atoms with Gasteiger partial charge < -0.3 is 14.8 Å². The number of benzene rings is 1. The van der Waals surface area contributed by atoms with Crippen molar-refractivity contribution in [2.75, 3.05) is 46.9 Å². The zero-order valence-electron chi connectivity index (χ0n) is 11.5. The molecule has 4 heteroatoms. The number of rotatable bonds is 3. The van der Waals surface area contributed by atoms with E-state index in [0.717, 1.165) is 49.8 Å². The van der Waals surface area contributed by atoms with Gasteiger partial charge in [-0.25, -0.2) is 0 Å². The standard InChI is InChI=1S/C15H20N2O2/c1-18-14-10-13(11-15(12-14)19-2)4-3-7-17-8-5-16-6-9-17/h10-12,16H,5-9H2,1-2H3. The van der Waals surface area contributed by atoms with E-state index in [9.17, 15) is 0 Å². The van der Waals surface area contributed by atoms with Crippen LogP contribution in [0, 0.1) is 11.8 Å². The van der Waals surface area contributed by atoms with E-state index in [1.165, 1.54) is 0 Å². The third-order valence-electron chi connectivity index (χ3n) is 3.10. The van der Waals surface area contributed by atoms with E-state index in [-0.39, 0.29) is 0 Å². The highest BCUT2D eigenvalue weighted by molar-refractivity contribution is 5.46. The first-order valence-electron chi connectivity index (χ1n) is 6.47. The third-order valence-corrected chi connectivity index (χ3v) is 3.10. The Hall–Kier alpha value is -1.70. The van der Waals surface area contributed by atoms with Gasteiger partial charge in [0.15, 0.2) is 0 Å². The highest BCUT2D eigenvalue weighted by Gasteiger charge is 2.06. The average Bonchev–Trinajstić information content (AvgIpc) is 2.48. The Balaban J connectivity index is 2.01. The van der Waals surface area contributed by atoms with E-state index in [2.05, 4.69) is 22.1 Å². The molecule has 1 saturated heterocycles. The Kier molecular flexibility index (Phi) is 5.08. The van der Waals surface area contributed by atoms with Crippen LogP contribution in [0.25, 0.3) is 0 Å². The zero-order valence-corrected chi connectivity index (χ0v) is 11.5. The summed E-state index contributed by atoms with van der Waals surface area (Å²) in [6.07, 6.45) is 0. The molecule has 0 aliphatic carbocycles. The van der Waals surface area contributed by atoms with Crippen LogP contribution >= 0.6 is 0 Å². The number of hydrogen-bond acceptors (Lipinski definition) is 4. The summed E-state index contributed by atoms with van der Waals surface area (Å²) in [6.45, 7) is 5.04. The number of methoxy groups -OCH3 is 2. The second-order valence-corrected chi connectivity index (χ2v) is 4.43. The summed E-state index contributed by atoms with van der Waals surface area (Å²) in [7, 11) is 3.29. The van der Waals surface area contributed by atoms with E-state index in [1.54, 1.807) is 14.2 Å². The minimum Gasteiger partial charge on any atom is -0.497 e. The molecule has 0 amide bonds. The van der Waals surface area contributed by atoms with E-state index in [0.29, 0.717) is 0 Å². The van der Waals surface area contributed by atoms with Crippen molar-refractivity contribution in [3.63, 3.8) is 0 Å². The van der Waals surface area contributed by atoms with Gasteiger partial charge in [-0.2, -0.15) is 0 Å². The van der Waals surface area contributed by atoms with Gasteiger partial charge in [-0.15, -0.1) is 0 Å². The van der Waals surface area contributed by atoms with Gasteiger partial charge in [0.05, 0.1) is 20.8 Å². The molecule has 0 bridgehead atoms. The molecule has 19 heavy (non-hydrogen) atoms. The fourth-order valence-electron chi connectivity index (χ4n) is 2.00. The summed E-state index contributed by atoms with van der Waals surface area (Å²) in [5.41, 5.74) is 0.923. The lowest BCUT2D eigenvalue weighted by molar-refractivity contribution is 0.268. The summed E-state index contributed by atoms with van der Waals surface area (Å²) in [5, 5.41) is 3.33. The van der Waals surface area contributed by atoms with E-state index in [4.69, 9.17) is 9.47 Å². The first-order chi connectivity index (χ1) is 9.31. The fraction of sp³-hybridized carbons (Fsp3) is 0.467. The van der Waals surface area contributed by atoms with Gasteiger partial charge in [0.2, 0.25) is 0 Å². The van der Waals surface area contributed by atoms with Gasteiger partial charge in [0.25, 0.3) is 0 Å². The average molecular weight is 260 g/mol. The topological polar surface area (TPSA) is 33.7 Å². The van der Waals surface area contributed by atoms with Gasteiger partial charge in [-0.05, 0) is 12.1 Å². The van der Waals surface area contributed by atoms with Gasteiger partial charge >= 0.3 is 0 Å². The molecule has 4 nitrogen and oxygen atoms in total. The van der Waals surface area contributed by atoms with Crippen molar-refractivity contribution in [2.45, 2.75) is 0 Å². The number of nitrogens with zero attached hydrogens (tertiary/aromatic N) is 1. The fourth-order valence-corrected chi connectivity index (χ4v) is 2.00. The summed E-state index contributed by atoms with van der Waals surface area (Å²) in [5.74, 6) is 7.92. The van der Waals surface area contributed by atoms with Crippen LogP contribution in [0.15, 0.2) is 18.2 Å². The Labute approximate surface area is 114 Å². The molecule has 0 spiro atoms. The smallest absolute Gasteiger partial charge is 0.123 e. The number of piperazine rings is 1. The molecular formula is C15H20N2O2. The highest BCUT2D eigenvalue weighted by atomic mass is 16.5. The molecule has 0 unspecified atom stereocenters. The minimum absolute atomic E-state index is 0.769. The highest BCUT2D eigenvalue weighted by Crippen LogP contribution is 2.21. The molecule has 102 valence electrons. The van der Waals surface area contributed by atoms with Crippen LogP contribution in [-0.4, -0.2) is 51.8 Å². The van der Waals surface area contributed by atoms with Gasteiger partial charge in [-0.3, -0.25) is 4.90 Å². The molecule has 1 fully saturated rings. The summed E-state index contributed by atoms with van der Waals surface area (Å²) >= 11 is 0. The second-order valence-electron chi connectivity index (χ2n) is 4.43. The number of ether oxygens (including phenoxy) is 2. The van der Waals surface area contributed by atoms with Gasteiger partial charge in [-0.1, -0.05) is 11.8 Å². The van der Waals surface area contributed by atoms with Gasteiger partial charge in [0.1, 0.15) is 11.5 Å². The normalized spacial score (nSPS) is 15.5. The van der Waals surface area contributed by atoms with Crippen LogP contribution < -0.4 is 14.8 Å². The summed E-state index contributed by atoms with van der Waals surface area (Å²) in [4.78, 5) is 2.35. The molecule has 1 aliphatic heterocycles. The summed E-state index contributed by atoms with van der Waals surface area (Å²) < 4.78 is 10.5. The zero-order chi connectivity index (χ0) is 13.5. The molecule has 0 aromatic heterocycles. The van der Waals surface area contributed by atoms with E-state index >= 15 is 0 Å². The Morgan fingerprint density at radius 2 is 1.74 bits per heavy atom. The molecule has 1 aromatic rings. The monoisotopic (exact) mass is 260 g/mol. The van der Waals surface area contributed by atoms with Crippen LogP contribution in [0.2, 0.25) is 0 Å². The second kappa shape index (κ2) is 7.03. The summed E-state index contributed by atoms with van der Waals surface area (Å²) in [6, 6.07) is 5.70. The maximum Gasteiger partial charge on any atom is 0.123 e. The van der Waals surface area contributed by atoms with E-state index < -0.39 is 0 Å². The third kappa shape index (κ3) is 4.16. The maximum atomic E-state index is 5.23. The molecular weight excluding hydrogens is 240 g/mol. The molecule has 2 rings (SSSR count). The lowest BCUT2D eigenvalue weighted by Crippen LogP contribution is -2.43. The molecule has 1 N–H and O–H groups in total. The number of hydrogen-bond donors (Lipinski definition) is 1. The molecule has 0 atom stereocenters. The molecule has 1 aliphatic rings. The largest absolute Gasteiger partial charge is 0.497 e. The van der Waals surface area contributed by atoms with Crippen molar-refractivity contribution < 1.29 is 9.47 Å². The van der Waals surface area contributed by atoms with Crippen molar-refractivity contribution in [3.05, 3.63) is 23.8 Å². The van der Waals surface area contributed by atoms with Crippen LogP contribution in [0.5, 0.6) is 11.5 Å². The quantitative estimate of drug-likeness (QED) is 0.821. The van der Waals surface area contributed by atoms with Crippen LogP contribution in [0.1, 0.15) is 5.56 Å². The SMILES string of the molecule is COc1cc(C#CCN2CCNCC2)cc(OC)c1. The van der Waals surface area contributed by atoms with Crippen molar-refractivity contribution >= 4 is 0 Å². The van der Waals surface area contributed by atoms with Crippen LogP contribution in [-0.2, 0) is 0 Å². The molecule has 1 aromatic carbocycles. The first-order valence-corrected chi connectivity index (χ1v) is 6.47. The van der Waals surface area contributed by atoms with Gasteiger partial charge in [0, 0.05) is 37.8 Å². The van der Waals surface area contributed by atoms with Crippen molar-refractivity contribution in [1.82, 2.24) is 10.2 Å². The Morgan fingerprint density at radius 1 is 1.11 bits per heavy atom. The maximum absolute atomic E-state index is 5.23. The van der Waals surface area contributed by atoms with Crippen molar-refractivity contribution in [2.24, 2.45) is 0 Å². The Morgan fingerprint density at radius 3 is 2.32 bits per heavy atom. The van der Waals surface area contributed by atoms with Crippen molar-refractivity contribution in [3.8, 4) is 23.3 Å². The lowest BCUT2D eigenvalue weighted by atomic mass is 10.2. The number of nitrogens with one attached hydrogen (secondary N) is 1. The molecule has 0 radical (unpaired) electrons. The predicted molar refractivity (Wildman–Crippen MR) is 75.7 cm³/mol. The lowest BCUT2D eigenvalue weighted by Gasteiger charge is -2.24.